The van der Waals surface area contributed by atoms with Crippen molar-refractivity contribution in [3.63, 3.8) is 0 Å². The number of aryl methyl sites for hydroxylation is 1. The van der Waals surface area contributed by atoms with Crippen molar-refractivity contribution in [1.82, 2.24) is 24.8 Å². The van der Waals surface area contributed by atoms with Crippen LogP contribution in [0.3, 0.4) is 0 Å². The number of piperidine rings is 1. The quantitative estimate of drug-likeness (QED) is 0.818. The standard InChI is InChI=1S/C17H23N5O2S/c1-20(2)16(23)14-12-21(19-18-14)10-8-13-6-3-4-9-22(13)17(24)15-7-5-11-25-15/h5,7,11-13H,3-4,6,8-10H2,1-2H3. The monoisotopic (exact) mass is 361 g/mol. The number of hydrogen-bond acceptors (Lipinski definition) is 5. The summed E-state index contributed by atoms with van der Waals surface area (Å²) in [5, 5.41) is 9.92. The van der Waals surface area contributed by atoms with Crippen molar-refractivity contribution in [1.29, 1.82) is 0 Å². The van der Waals surface area contributed by atoms with Crippen molar-refractivity contribution in [3.05, 3.63) is 34.3 Å². The Morgan fingerprint density at radius 3 is 2.92 bits per heavy atom. The lowest BCUT2D eigenvalue weighted by molar-refractivity contribution is 0.0598. The minimum Gasteiger partial charge on any atom is -0.343 e. The summed E-state index contributed by atoms with van der Waals surface area (Å²) < 4.78 is 1.69. The highest BCUT2D eigenvalue weighted by Crippen LogP contribution is 2.24. The number of amides is 2. The lowest BCUT2D eigenvalue weighted by Crippen LogP contribution is -2.44. The van der Waals surface area contributed by atoms with Gasteiger partial charge in [-0.3, -0.25) is 14.3 Å². The van der Waals surface area contributed by atoms with Gasteiger partial charge in [-0.1, -0.05) is 11.3 Å². The number of carbonyl (C=O) groups excluding carboxylic acids is 2. The Bertz CT molecular complexity index is 725. The van der Waals surface area contributed by atoms with Gasteiger partial charge in [0.05, 0.1) is 11.1 Å². The molecule has 8 heteroatoms. The average molecular weight is 361 g/mol. The highest BCUT2D eigenvalue weighted by atomic mass is 32.1. The molecule has 3 rings (SSSR count). The summed E-state index contributed by atoms with van der Waals surface area (Å²) in [6.07, 6.45) is 5.70. The van der Waals surface area contributed by atoms with Gasteiger partial charge in [0.15, 0.2) is 5.69 Å². The van der Waals surface area contributed by atoms with Gasteiger partial charge >= 0.3 is 0 Å². The molecular formula is C17H23N5O2S. The van der Waals surface area contributed by atoms with Crippen molar-refractivity contribution in [3.8, 4) is 0 Å². The van der Waals surface area contributed by atoms with E-state index in [1.165, 1.54) is 16.2 Å². The third kappa shape index (κ3) is 4.07. The van der Waals surface area contributed by atoms with Gasteiger partial charge < -0.3 is 9.80 Å². The molecule has 0 radical (unpaired) electrons. The number of rotatable bonds is 5. The highest BCUT2D eigenvalue weighted by molar-refractivity contribution is 7.12. The Hall–Kier alpha value is -2.22. The van der Waals surface area contributed by atoms with Crippen molar-refractivity contribution in [2.75, 3.05) is 20.6 Å². The fourth-order valence-electron chi connectivity index (χ4n) is 3.13. The van der Waals surface area contributed by atoms with Crippen LogP contribution < -0.4 is 0 Å². The van der Waals surface area contributed by atoms with Crippen molar-refractivity contribution >= 4 is 23.2 Å². The van der Waals surface area contributed by atoms with E-state index < -0.39 is 0 Å². The lowest BCUT2D eigenvalue weighted by Gasteiger charge is -2.35. The third-order valence-electron chi connectivity index (χ3n) is 4.48. The minimum atomic E-state index is -0.154. The van der Waals surface area contributed by atoms with Crippen molar-refractivity contribution in [2.24, 2.45) is 0 Å². The van der Waals surface area contributed by atoms with Crippen LogP contribution in [0.25, 0.3) is 0 Å². The van der Waals surface area contributed by atoms with E-state index in [0.29, 0.717) is 12.2 Å². The predicted octanol–water partition coefficient (Wildman–Crippen LogP) is 2.13. The van der Waals surface area contributed by atoms with Crippen LogP contribution in [0.15, 0.2) is 23.7 Å². The van der Waals surface area contributed by atoms with Crippen LogP contribution in [0.5, 0.6) is 0 Å². The normalized spacial score (nSPS) is 17.5. The van der Waals surface area contributed by atoms with Gasteiger partial charge in [-0.2, -0.15) is 0 Å². The molecule has 0 aliphatic carbocycles. The second kappa shape index (κ2) is 7.77. The zero-order valence-electron chi connectivity index (χ0n) is 14.6. The number of nitrogens with zero attached hydrogens (tertiary/aromatic N) is 5. The maximum Gasteiger partial charge on any atom is 0.275 e. The molecule has 25 heavy (non-hydrogen) atoms. The molecule has 0 aromatic carbocycles. The Kier molecular flexibility index (Phi) is 5.47. The minimum absolute atomic E-state index is 0.127. The van der Waals surface area contributed by atoms with Crippen LogP contribution in [0.4, 0.5) is 0 Å². The number of carbonyl (C=O) groups is 2. The molecule has 0 saturated carbocycles. The van der Waals surface area contributed by atoms with E-state index in [2.05, 4.69) is 10.3 Å². The Morgan fingerprint density at radius 1 is 1.36 bits per heavy atom. The van der Waals surface area contributed by atoms with Gasteiger partial charge in [-0.25, -0.2) is 0 Å². The van der Waals surface area contributed by atoms with E-state index in [0.717, 1.165) is 37.1 Å². The molecular weight excluding hydrogens is 338 g/mol. The first-order valence-corrected chi connectivity index (χ1v) is 9.40. The molecule has 0 bridgehead atoms. The van der Waals surface area contributed by atoms with Gasteiger partial charge in [0.2, 0.25) is 0 Å². The molecule has 0 spiro atoms. The molecule has 2 amide bonds. The average Bonchev–Trinajstić information content (AvgIpc) is 3.30. The molecule has 1 aliphatic heterocycles. The fourth-order valence-corrected chi connectivity index (χ4v) is 3.80. The molecule has 0 N–H and O–H groups in total. The van der Waals surface area contributed by atoms with Crippen LogP contribution in [-0.4, -0.2) is 63.3 Å². The fraction of sp³-hybridized carbons (Fsp3) is 0.529. The maximum absolute atomic E-state index is 12.7. The summed E-state index contributed by atoms with van der Waals surface area (Å²) in [5.74, 6) is -0.0276. The summed E-state index contributed by atoms with van der Waals surface area (Å²) >= 11 is 1.49. The molecule has 1 unspecified atom stereocenters. The number of likely N-dealkylation sites (tertiary alicyclic amines) is 1. The zero-order valence-corrected chi connectivity index (χ0v) is 15.4. The second-order valence-electron chi connectivity index (χ2n) is 6.48. The Labute approximate surface area is 151 Å². The summed E-state index contributed by atoms with van der Waals surface area (Å²) in [6.45, 7) is 1.45. The van der Waals surface area contributed by atoms with Crippen LogP contribution >= 0.6 is 11.3 Å². The van der Waals surface area contributed by atoms with Crippen molar-refractivity contribution < 1.29 is 9.59 Å². The first-order chi connectivity index (χ1) is 12.1. The van der Waals surface area contributed by atoms with Gasteiger partial charge in [-0.05, 0) is 37.1 Å². The molecule has 3 heterocycles. The second-order valence-corrected chi connectivity index (χ2v) is 7.43. The molecule has 1 saturated heterocycles. The molecule has 1 aliphatic rings. The smallest absolute Gasteiger partial charge is 0.275 e. The Morgan fingerprint density at radius 2 is 2.20 bits per heavy atom. The maximum atomic E-state index is 12.7. The van der Waals surface area contributed by atoms with Gasteiger partial charge in [0.1, 0.15) is 0 Å². The van der Waals surface area contributed by atoms with Crippen LogP contribution in [0.1, 0.15) is 45.8 Å². The van der Waals surface area contributed by atoms with E-state index in [1.807, 2.05) is 22.4 Å². The summed E-state index contributed by atoms with van der Waals surface area (Å²) in [4.78, 5) is 28.9. The summed E-state index contributed by atoms with van der Waals surface area (Å²) in [5.41, 5.74) is 0.347. The van der Waals surface area contributed by atoms with E-state index in [1.54, 1.807) is 25.0 Å². The van der Waals surface area contributed by atoms with Crippen molar-refractivity contribution in [2.45, 2.75) is 38.3 Å². The number of hydrogen-bond donors (Lipinski definition) is 0. The van der Waals surface area contributed by atoms with Crippen LogP contribution in [0.2, 0.25) is 0 Å². The third-order valence-corrected chi connectivity index (χ3v) is 5.33. The molecule has 7 nitrogen and oxygen atoms in total. The summed E-state index contributed by atoms with van der Waals surface area (Å²) in [6, 6.07) is 4.01. The number of thiophene rings is 1. The van der Waals surface area contributed by atoms with Gasteiger partial charge in [-0.15, -0.1) is 16.4 Å². The van der Waals surface area contributed by atoms with Gasteiger partial charge in [0.25, 0.3) is 11.8 Å². The molecule has 1 atom stereocenters. The molecule has 2 aromatic heterocycles. The lowest BCUT2D eigenvalue weighted by atomic mass is 9.99. The van der Waals surface area contributed by atoms with E-state index in [9.17, 15) is 9.59 Å². The van der Waals surface area contributed by atoms with E-state index >= 15 is 0 Å². The number of aromatic nitrogens is 3. The molecule has 134 valence electrons. The first-order valence-electron chi connectivity index (χ1n) is 8.52. The van der Waals surface area contributed by atoms with Gasteiger partial charge in [0, 0.05) is 33.2 Å². The highest BCUT2D eigenvalue weighted by Gasteiger charge is 2.28. The first kappa shape index (κ1) is 17.6. The van der Waals surface area contributed by atoms with E-state index in [4.69, 9.17) is 0 Å². The van der Waals surface area contributed by atoms with E-state index in [-0.39, 0.29) is 17.9 Å². The summed E-state index contributed by atoms with van der Waals surface area (Å²) in [7, 11) is 3.38. The zero-order chi connectivity index (χ0) is 17.8. The predicted molar refractivity (Wildman–Crippen MR) is 95.7 cm³/mol. The van der Waals surface area contributed by atoms with Crippen LogP contribution in [0, 0.1) is 0 Å². The molecule has 1 fully saturated rings. The Balaban J connectivity index is 1.62. The topological polar surface area (TPSA) is 71.3 Å². The SMILES string of the molecule is CN(C)C(=O)c1cn(CCC2CCCCN2C(=O)c2cccs2)nn1. The largest absolute Gasteiger partial charge is 0.343 e. The molecule has 2 aromatic rings. The van der Waals surface area contributed by atoms with Crippen LogP contribution in [-0.2, 0) is 6.54 Å².